The lowest BCUT2D eigenvalue weighted by molar-refractivity contribution is -0.172. The monoisotopic (exact) mass is 482 g/mol. The summed E-state index contributed by atoms with van der Waals surface area (Å²) >= 11 is 0. The first kappa shape index (κ1) is 22.1. The van der Waals surface area contributed by atoms with Crippen molar-refractivity contribution < 1.29 is 19.5 Å². The molecule has 0 saturated carbocycles. The number of carbonyl (C=O) groups is 1. The Bertz CT molecular complexity index is 1610. The quantitative estimate of drug-likeness (QED) is 0.233. The van der Waals surface area contributed by atoms with Crippen molar-refractivity contribution in [3.8, 4) is 11.4 Å². The lowest BCUT2D eigenvalue weighted by atomic mass is 9.86. The van der Waals surface area contributed by atoms with Gasteiger partial charge in [0.05, 0.1) is 35.2 Å². The molecule has 0 aliphatic carbocycles. The lowest BCUT2D eigenvalue weighted by Gasteiger charge is -2.31. The van der Waals surface area contributed by atoms with Crippen LogP contribution in [0.4, 0.5) is 0 Å². The third-order valence-corrected chi connectivity index (χ3v) is 6.88. The number of pyridine rings is 3. The largest absolute Gasteiger partial charge is 0.458 e. The molecule has 3 aromatic heterocycles. The molecule has 9 heteroatoms. The first-order valence-corrected chi connectivity index (χ1v) is 11.6. The summed E-state index contributed by atoms with van der Waals surface area (Å²) in [5, 5.41) is 16.2. The van der Waals surface area contributed by atoms with Crippen molar-refractivity contribution in [2.45, 2.75) is 38.7 Å². The molecule has 0 unspecified atom stereocenters. The van der Waals surface area contributed by atoms with E-state index in [2.05, 4.69) is 10.1 Å². The number of hydrogen-bond acceptors (Lipinski definition) is 8. The van der Waals surface area contributed by atoms with Gasteiger partial charge in [0.25, 0.3) is 5.56 Å². The Morgan fingerprint density at radius 2 is 2.00 bits per heavy atom. The van der Waals surface area contributed by atoms with Gasteiger partial charge in [-0.2, -0.15) is 0 Å². The number of rotatable bonds is 5. The van der Waals surface area contributed by atoms with E-state index in [0.29, 0.717) is 18.0 Å². The molecule has 0 amide bonds. The Hall–Kier alpha value is -4.37. The predicted octanol–water partition coefficient (Wildman–Crippen LogP) is 3.03. The van der Waals surface area contributed by atoms with Crippen LogP contribution in [0.2, 0.25) is 0 Å². The Labute approximate surface area is 205 Å². The topological polar surface area (TPSA) is 116 Å². The van der Waals surface area contributed by atoms with Gasteiger partial charge >= 0.3 is 5.97 Å². The highest BCUT2D eigenvalue weighted by Crippen LogP contribution is 2.39. The average molecular weight is 482 g/mol. The van der Waals surface area contributed by atoms with Crippen molar-refractivity contribution in [2.75, 3.05) is 0 Å². The smallest absolute Gasteiger partial charge is 0.343 e. The van der Waals surface area contributed by atoms with Gasteiger partial charge in [0.15, 0.2) is 5.60 Å². The third kappa shape index (κ3) is 3.31. The van der Waals surface area contributed by atoms with Gasteiger partial charge in [-0.25, -0.2) is 9.78 Å². The number of aliphatic hydroxyl groups is 1. The number of cyclic esters (lactones) is 1. The van der Waals surface area contributed by atoms with E-state index in [-0.39, 0.29) is 36.3 Å². The van der Waals surface area contributed by atoms with Gasteiger partial charge in [0, 0.05) is 34.5 Å². The maximum absolute atomic E-state index is 13.5. The van der Waals surface area contributed by atoms with Crippen LogP contribution in [0.15, 0.2) is 64.8 Å². The molecular formula is C27H22N4O5. The number of nitrogens with zero attached hydrogens (tertiary/aromatic N) is 4. The fourth-order valence-corrected chi connectivity index (χ4v) is 4.89. The zero-order valence-electron chi connectivity index (χ0n) is 19.5. The lowest BCUT2D eigenvalue weighted by Crippen LogP contribution is -2.44. The van der Waals surface area contributed by atoms with E-state index in [9.17, 15) is 14.7 Å². The summed E-state index contributed by atoms with van der Waals surface area (Å²) in [5.41, 5.74) is 2.85. The van der Waals surface area contributed by atoms with Crippen molar-refractivity contribution in [1.29, 1.82) is 0 Å². The number of benzene rings is 1. The van der Waals surface area contributed by atoms with E-state index >= 15 is 0 Å². The van der Waals surface area contributed by atoms with Crippen LogP contribution in [0, 0.1) is 0 Å². The molecule has 0 saturated heterocycles. The number of aromatic nitrogens is 3. The van der Waals surface area contributed by atoms with E-state index in [1.807, 2.05) is 36.4 Å². The summed E-state index contributed by atoms with van der Waals surface area (Å²) in [7, 11) is 0. The Morgan fingerprint density at radius 3 is 2.81 bits per heavy atom. The number of para-hydroxylation sites is 1. The summed E-state index contributed by atoms with van der Waals surface area (Å²) in [5.74, 6) is -0.745. The van der Waals surface area contributed by atoms with Crippen molar-refractivity contribution in [1.82, 2.24) is 14.5 Å². The van der Waals surface area contributed by atoms with Crippen LogP contribution >= 0.6 is 0 Å². The van der Waals surface area contributed by atoms with Gasteiger partial charge in [-0.1, -0.05) is 30.3 Å². The Balaban J connectivity index is 1.47. The highest BCUT2D eigenvalue weighted by molar-refractivity contribution is 6.02. The normalized spacial score (nSPS) is 18.1. The van der Waals surface area contributed by atoms with E-state index in [1.165, 1.54) is 0 Å². The molecule has 1 aromatic carbocycles. The molecule has 5 heterocycles. The number of carbonyl (C=O) groups excluding carboxylic acids is 1. The van der Waals surface area contributed by atoms with Gasteiger partial charge in [0.2, 0.25) is 0 Å². The second-order valence-electron chi connectivity index (χ2n) is 8.84. The molecule has 1 N–H and O–H groups in total. The molecule has 0 bridgehead atoms. The second kappa shape index (κ2) is 8.39. The molecule has 1 atom stereocenters. The van der Waals surface area contributed by atoms with Crippen molar-refractivity contribution in [3.63, 3.8) is 0 Å². The van der Waals surface area contributed by atoms with Gasteiger partial charge in [-0.05, 0) is 36.2 Å². The molecule has 0 spiro atoms. The number of oxime groups is 1. The Kier molecular flexibility index (Phi) is 5.15. The van der Waals surface area contributed by atoms with E-state index in [1.54, 1.807) is 36.2 Å². The molecule has 0 radical (unpaired) electrons. The fourth-order valence-electron chi connectivity index (χ4n) is 4.89. The highest BCUT2D eigenvalue weighted by atomic mass is 16.6. The standard InChI is InChI=1S/C27H22N4O5/c1-2-27(34)21-11-23-24-19(13-31(23)25(32)20(21)15-35-26(27)33)18(17-5-3-4-6-22(17)30-24)12-29-36-14-16-7-9-28-10-8-16/h3-12,34H,2,13-15H2,1H3/b29-12+/t27-/m0/s1. The van der Waals surface area contributed by atoms with Crippen LogP contribution in [-0.2, 0) is 39.7 Å². The first-order chi connectivity index (χ1) is 17.5. The molecule has 36 heavy (non-hydrogen) atoms. The molecule has 0 fully saturated rings. The zero-order valence-corrected chi connectivity index (χ0v) is 19.5. The predicted molar refractivity (Wildman–Crippen MR) is 131 cm³/mol. The summed E-state index contributed by atoms with van der Waals surface area (Å²) in [6.45, 7) is 2.08. The molecule has 4 aromatic rings. The number of esters is 1. The van der Waals surface area contributed by atoms with Gasteiger partial charge in [-0.15, -0.1) is 0 Å². The van der Waals surface area contributed by atoms with Crippen LogP contribution in [-0.4, -0.2) is 31.8 Å². The molecule has 2 aliphatic rings. The number of hydrogen-bond donors (Lipinski definition) is 1. The zero-order chi connectivity index (χ0) is 24.9. The van der Waals surface area contributed by atoms with Crippen molar-refractivity contribution in [2.24, 2.45) is 5.16 Å². The van der Waals surface area contributed by atoms with Crippen LogP contribution in [0.1, 0.15) is 41.2 Å². The SMILES string of the molecule is CC[C@@]1(O)C(=O)OCc2c1cc1n(c2=O)Cc2c-1nc1ccccc1c2/C=N/OCc1ccncc1. The van der Waals surface area contributed by atoms with Gasteiger partial charge in [-0.3, -0.25) is 9.78 Å². The molecular weight excluding hydrogens is 460 g/mol. The maximum Gasteiger partial charge on any atom is 0.343 e. The third-order valence-electron chi connectivity index (χ3n) is 6.88. The minimum atomic E-state index is -1.87. The summed E-state index contributed by atoms with van der Waals surface area (Å²) in [6.07, 6.45) is 5.12. The summed E-state index contributed by atoms with van der Waals surface area (Å²) in [4.78, 5) is 40.3. The first-order valence-electron chi connectivity index (χ1n) is 11.6. The Morgan fingerprint density at radius 1 is 1.19 bits per heavy atom. The number of ether oxygens (including phenoxy) is 1. The summed E-state index contributed by atoms with van der Waals surface area (Å²) < 4.78 is 6.77. The maximum atomic E-state index is 13.5. The van der Waals surface area contributed by atoms with E-state index in [4.69, 9.17) is 14.6 Å². The fraction of sp³-hybridized carbons (Fsp3) is 0.222. The van der Waals surface area contributed by atoms with Crippen LogP contribution in [0.5, 0.6) is 0 Å². The second-order valence-corrected chi connectivity index (χ2v) is 8.84. The molecule has 6 rings (SSSR count). The van der Waals surface area contributed by atoms with Crippen LogP contribution < -0.4 is 5.56 Å². The van der Waals surface area contributed by atoms with Crippen molar-refractivity contribution >= 4 is 23.1 Å². The highest BCUT2D eigenvalue weighted by Gasteiger charge is 2.45. The van der Waals surface area contributed by atoms with Gasteiger partial charge in [0.1, 0.15) is 13.2 Å². The van der Waals surface area contributed by atoms with E-state index < -0.39 is 11.6 Å². The average Bonchev–Trinajstić information content (AvgIpc) is 3.28. The van der Waals surface area contributed by atoms with Crippen LogP contribution in [0.25, 0.3) is 22.3 Å². The summed E-state index contributed by atoms with van der Waals surface area (Å²) in [6, 6.07) is 13.1. The van der Waals surface area contributed by atoms with Gasteiger partial charge < -0.3 is 19.2 Å². The minimum absolute atomic E-state index is 0.0897. The minimum Gasteiger partial charge on any atom is -0.458 e. The number of fused-ring (bicyclic) bond motifs is 5. The molecule has 9 nitrogen and oxygen atoms in total. The van der Waals surface area contributed by atoms with Crippen molar-refractivity contribution in [3.05, 3.63) is 93.0 Å². The molecule has 2 aliphatic heterocycles. The molecule has 180 valence electrons. The van der Waals surface area contributed by atoms with Crippen LogP contribution in [0.3, 0.4) is 0 Å². The van der Waals surface area contributed by atoms with E-state index in [0.717, 1.165) is 27.6 Å².